The van der Waals surface area contributed by atoms with Crippen molar-refractivity contribution in [3.63, 3.8) is 0 Å². The molecule has 0 aromatic heterocycles. The van der Waals surface area contributed by atoms with Crippen LogP contribution in [0, 0.1) is 13.8 Å². The fraction of sp³-hybridized carbons (Fsp3) is 0.600. The SMILES string of the molecule is COc1c(C)cc(Br)c(C2(N)CCCCC2)c1C. The first-order chi connectivity index (χ1) is 8.49. The molecular weight excluding hydrogens is 290 g/mol. The van der Waals surface area contributed by atoms with Gasteiger partial charge in [0.1, 0.15) is 5.75 Å². The predicted octanol–water partition coefficient (Wildman–Crippen LogP) is 4.19. The number of halogens is 1. The second-order valence-corrected chi connectivity index (χ2v) is 6.28. The predicted molar refractivity (Wildman–Crippen MR) is 79.1 cm³/mol. The fourth-order valence-corrected chi connectivity index (χ4v) is 4.31. The lowest BCUT2D eigenvalue weighted by molar-refractivity contribution is 0.298. The van der Waals surface area contributed by atoms with Crippen molar-refractivity contribution < 1.29 is 4.74 Å². The lowest BCUT2D eigenvalue weighted by atomic mass is 9.75. The van der Waals surface area contributed by atoms with Gasteiger partial charge in [0.25, 0.3) is 0 Å². The Balaban J connectivity index is 2.56. The Hall–Kier alpha value is -0.540. The highest BCUT2D eigenvalue weighted by Gasteiger charge is 2.33. The molecule has 1 aromatic rings. The zero-order valence-electron chi connectivity index (χ0n) is 11.5. The molecule has 0 radical (unpaired) electrons. The molecule has 0 spiro atoms. The summed E-state index contributed by atoms with van der Waals surface area (Å²) in [5, 5.41) is 0. The van der Waals surface area contributed by atoms with Gasteiger partial charge in [0.05, 0.1) is 7.11 Å². The molecule has 18 heavy (non-hydrogen) atoms. The third-order valence-corrected chi connectivity index (χ3v) is 4.73. The van der Waals surface area contributed by atoms with Gasteiger partial charge in [-0.3, -0.25) is 0 Å². The quantitative estimate of drug-likeness (QED) is 0.888. The number of methoxy groups -OCH3 is 1. The number of ether oxygens (including phenoxy) is 1. The molecule has 1 aromatic carbocycles. The molecule has 1 saturated carbocycles. The summed E-state index contributed by atoms with van der Waals surface area (Å²) >= 11 is 3.70. The highest BCUT2D eigenvalue weighted by molar-refractivity contribution is 9.10. The van der Waals surface area contributed by atoms with E-state index < -0.39 is 0 Å². The van der Waals surface area contributed by atoms with E-state index in [-0.39, 0.29) is 5.54 Å². The molecule has 0 heterocycles. The van der Waals surface area contributed by atoms with Gasteiger partial charge in [0.15, 0.2) is 0 Å². The minimum absolute atomic E-state index is 0.192. The Morgan fingerprint density at radius 2 is 1.83 bits per heavy atom. The average Bonchev–Trinajstić information content (AvgIpc) is 2.29. The van der Waals surface area contributed by atoms with Crippen LogP contribution in [0.15, 0.2) is 10.5 Å². The molecule has 0 aliphatic heterocycles. The van der Waals surface area contributed by atoms with E-state index in [1.54, 1.807) is 7.11 Å². The third kappa shape index (κ3) is 2.30. The molecule has 0 amide bonds. The first kappa shape index (κ1) is 13.9. The van der Waals surface area contributed by atoms with Crippen molar-refractivity contribution >= 4 is 15.9 Å². The van der Waals surface area contributed by atoms with Gasteiger partial charge < -0.3 is 10.5 Å². The second kappa shape index (κ2) is 5.22. The lowest BCUT2D eigenvalue weighted by Gasteiger charge is -2.36. The van der Waals surface area contributed by atoms with Crippen LogP contribution in [0.1, 0.15) is 48.8 Å². The van der Waals surface area contributed by atoms with Crippen LogP contribution in [0.5, 0.6) is 5.75 Å². The minimum Gasteiger partial charge on any atom is -0.496 e. The summed E-state index contributed by atoms with van der Waals surface area (Å²) < 4.78 is 6.66. The third-order valence-electron chi connectivity index (χ3n) is 4.10. The van der Waals surface area contributed by atoms with E-state index in [4.69, 9.17) is 10.5 Å². The fourth-order valence-electron chi connectivity index (χ4n) is 3.27. The maximum absolute atomic E-state index is 6.67. The van der Waals surface area contributed by atoms with Crippen molar-refractivity contribution in [2.45, 2.75) is 51.5 Å². The normalized spacial score (nSPS) is 18.7. The summed E-state index contributed by atoms with van der Waals surface area (Å²) in [5.74, 6) is 0.976. The number of nitrogens with two attached hydrogens (primary N) is 1. The molecule has 2 nitrogen and oxygen atoms in total. The Bertz CT molecular complexity index is 450. The molecule has 1 fully saturated rings. The smallest absolute Gasteiger partial charge is 0.125 e. The molecule has 2 N–H and O–H groups in total. The van der Waals surface area contributed by atoms with Crippen molar-refractivity contribution in [1.82, 2.24) is 0 Å². The van der Waals surface area contributed by atoms with Crippen LogP contribution in [0.25, 0.3) is 0 Å². The second-order valence-electron chi connectivity index (χ2n) is 5.43. The van der Waals surface area contributed by atoms with E-state index >= 15 is 0 Å². The summed E-state index contributed by atoms with van der Waals surface area (Å²) in [5.41, 5.74) is 10.1. The van der Waals surface area contributed by atoms with Gasteiger partial charge in [-0.25, -0.2) is 0 Å². The highest BCUT2D eigenvalue weighted by Crippen LogP contribution is 2.43. The maximum atomic E-state index is 6.67. The van der Waals surface area contributed by atoms with Crippen molar-refractivity contribution in [2.75, 3.05) is 7.11 Å². The van der Waals surface area contributed by atoms with Gasteiger partial charge in [0.2, 0.25) is 0 Å². The molecular formula is C15H22BrNO. The van der Waals surface area contributed by atoms with Gasteiger partial charge in [-0.1, -0.05) is 35.2 Å². The van der Waals surface area contributed by atoms with E-state index in [0.717, 1.165) is 28.6 Å². The number of benzene rings is 1. The van der Waals surface area contributed by atoms with Gasteiger partial charge >= 0.3 is 0 Å². The van der Waals surface area contributed by atoms with Gasteiger partial charge in [-0.15, -0.1) is 0 Å². The van der Waals surface area contributed by atoms with E-state index in [1.807, 2.05) is 0 Å². The van der Waals surface area contributed by atoms with Crippen LogP contribution in [0.2, 0.25) is 0 Å². The monoisotopic (exact) mass is 311 g/mol. The number of hydrogen-bond acceptors (Lipinski definition) is 2. The molecule has 0 saturated heterocycles. The topological polar surface area (TPSA) is 35.2 Å². The first-order valence-electron chi connectivity index (χ1n) is 6.62. The molecule has 2 rings (SSSR count). The zero-order chi connectivity index (χ0) is 13.3. The van der Waals surface area contributed by atoms with Crippen molar-refractivity contribution in [2.24, 2.45) is 5.73 Å². The Kier molecular flexibility index (Phi) is 4.02. The van der Waals surface area contributed by atoms with Crippen LogP contribution in [-0.2, 0) is 5.54 Å². The summed E-state index contributed by atoms with van der Waals surface area (Å²) in [6.45, 7) is 4.19. The van der Waals surface area contributed by atoms with Crippen molar-refractivity contribution in [3.8, 4) is 5.75 Å². The van der Waals surface area contributed by atoms with Crippen LogP contribution in [0.4, 0.5) is 0 Å². The van der Waals surface area contributed by atoms with Crippen molar-refractivity contribution in [3.05, 3.63) is 27.2 Å². The average molecular weight is 312 g/mol. The first-order valence-corrected chi connectivity index (χ1v) is 7.42. The Morgan fingerprint density at radius 3 is 2.39 bits per heavy atom. The van der Waals surface area contributed by atoms with Crippen LogP contribution in [-0.4, -0.2) is 7.11 Å². The molecule has 1 aliphatic carbocycles. The van der Waals surface area contributed by atoms with Gasteiger partial charge in [0, 0.05) is 10.0 Å². The molecule has 0 atom stereocenters. The summed E-state index contributed by atoms with van der Waals surface area (Å²) in [4.78, 5) is 0. The van der Waals surface area contributed by atoms with Crippen LogP contribution >= 0.6 is 15.9 Å². The standard InChI is InChI=1S/C15H22BrNO/c1-10-9-12(16)13(11(2)14(10)18-3)15(17)7-5-4-6-8-15/h9H,4-8,17H2,1-3H3. The summed E-state index contributed by atoms with van der Waals surface area (Å²) in [6.07, 6.45) is 5.88. The Morgan fingerprint density at radius 1 is 1.22 bits per heavy atom. The highest BCUT2D eigenvalue weighted by atomic mass is 79.9. The van der Waals surface area contributed by atoms with Crippen molar-refractivity contribution in [1.29, 1.82) is 0 Å². The summed E-state index contributed by atoms with van der Waals surface area (Å²) in [6, 6.07) is 2.13. The molecule has 3 heteroatoms. The van der Waals surface area contributed by atoms with Crippen LogP contribution < -0.4 is 10.5 Å². The van der Waals surface area contributed by atoms with Crippen LogP contribution in [0.3, 0.4) is 0 Å². The van der Waals surface area contributed by atoms with E-state index in [0.29, 0.717) is 0 Å². The molecule has 0 bridgehead atoms. The van der Waals surface area contributed by atoms with E-state index in [2.05, 4.69) is 35.8 Å². The lowest BCUT2D eigenvalue weighted by Crippen LogP contribution is -2.39. The number of hydrogen-bond donors (Lipinski definition) is 1. The van der Waals surface area contributed by atoms with E-state index in [1.165, 1.54) is 30.4 Å². The van der Waals surface area contributed by atoms with E-state index in [9.17, 15) is 0 Å². The molecule has 1 aliphatic rings. The Labute approximate surface area is 118 Å². The molecule has 100 valence electrons. The number of aryl methyl sites for hydroxylation is 1. The number of rotatable bonds is 2. The maximum Gasteiger partial charge on any atom is 0.125 e. The molecule has 0 unspecified atom stereocenters. The summed E-state index contributed by atoms with van der Waals surface area (Å²) in [7, 11) is 1.73. The largest absolute Gasteiger partial charge is 0.496 e. The minimum atomic E-state index is -0.192. The zero-order valence-corrected chi connectivity index (χ0v) is 13.1. The van der Waals surface area contributed by atoms with Gasteiger partial charge in [-0.05, 0) is 49.4 Å². The van der Waals surface area contributed by atoms with Gasteiger partial charge in [-0.2, -0.15) is 0 Å².